The molecule has 0 heterocycles. The molecule has 112 valence electrons. The van der Waals surface area contributed by atoms with E-state index in [9.17, 15) is 4.79 Å². The summed E-state index contributed by atoms with van der Waals surface area (Å²) in [5.74, 6) is 0.283. The van der Waals surface area contributed by atoms with Crippen LogP contribution in [-0.2, 0) is 16.6 Å². The highest BCUT2D eigenvalue weighted by molar-refractivity contribution is 5.68. The number of hydrogen-bond acceptors (Lipinski definition) is 2. The van der Waals surface area contributed by atoms with Crippen molar-refractivity contribution in [3.05, 3.63) is 28.8 Å². The van der Waals surface area contributed by atoms with Crippen molar-refractivity contribution in [3.63, 3.8) is 0 Å². The molecule has 0 amide bonds. The maximum atomic E-state index is 10.7. The number of benzene rings is 1. The predicted octanol–water partition coefficient (Wildman–Crippen LogP) is 3.95. The van der Waals surface area contributed by atoms with E-state index in [0.717, 1.165) is 23.3 Å². The van der Waals surface area contributed by atoms with Crippen molar-refractivity contribution in [2.24, 2.45) is 5.92 Å². The second-order valence-electron chi connectivity index (χ2n) is 6.81. The Morgan fingerprint density at radius 2 is 1.90 bits per heavy atom. The molecule has 0 bridgehead atoms. The van der Waals surface area contributed by atoms with Gasteiger partial charge in [0.2, 0.25) is 0 Å². The lowest BCUT2D eigenvalue weighted by molar-refractivity contribution is -0.139. The van der Waals surface area contributed by atoms with E-state index < -0.39 is 5.97 Å². The van der Waals surface area contributed by atoms with Gasteiger partial charge in [0.1, 0.15) is 5.75 Å². The molecular weight excluding hydrogens is 252 g/mol. The third-order valence-electron chi connectivity index (χ3n) is 3.19. The second-order valence-corrected chi connectivity index (χ2v) is 6.81. The summed E-state index contributed by atoms with van der Waals surface area (Å²) in [7, 11) is 0. The fraction of sp³-hybridized carbons (Fsp3) is 0.588. The van der Waals surface area contributed by atoms with Gasteiger partial charge in [0.25, 0.3) is 0 Å². The van der Waals surface area contributed by atoms with Gasteiger partial charge in [0.15, 0.2) is 6.61 Å². The first-order valence-electron chi connectivity index (χ1n) is 7.10. The van der Waals surface area contributed by atoms with E-state index in [-0.39, 0.29) is 12.0 Å². The number of aryl methyl sites for hydroxylation is 1. The minimum absolute atomic E-state index is 0.0712. The average molecular weight is 278 g/mol. The fourth-order valence-corrected chi connectivity index (χ4v) is 2.21. The highest BCUT2D eigenvalue weighted by Crippen LogP contribution is 2.32. The molecule has 0 fully saturated rings. The van der Waals surface area contributed by atoms with Crippen LogP contribution in [-0.4, -0.2) is 17.7 Å². The standard InChI is InChI=1S/C17H26O3/c1-11(2)7-13-9-14(17(4,5)6)8-12(3)16(13)20-10-15(18)19/h8-9,11H,7,10H2,1-6H3,(H,18,19). The van der Waals surface area contributed by atoms with Crippen LogP contribution in [0.2, 0.25) is 0 Å². The first-order valence-corrected chi connectivity index (χ1v) is 7.10. The van der Waals surface area contributed by atoms with Crippen molar-refractivity contribution < 1.29 is 14.6 Å². The zero-order chi connectivity index (χ0) is 15.5. The number of rotatable bonds is 5. The molecule has 3 heteroatoms. The molecule has 0 radical (unpaired) electrons. The van der Waals surface area contributed by atoms with Crippen molar-refractivity contribution in [2.45, 2.75) is 53.4 Å². The largest absolute Gasteiger partial charge is 0.481 e. The van der Waals surface area contributed by atoms with E-state index in [1.807, 2.05) is 6.92 Å². The normalized spacial score (nSPS) is 11.8. The summed E-state index contributed by atoms with van der Waals surface area (Å²) in [5, 5.41) is 8.80. The average Bonchev–Trinajstić information content (AvgIpc) is 2.24. The van der Waals surface area contributed by atoms with Crippen molar-refractivity contribution in [2.75, 3.05) is 6.61 Å². The van der Waals surface area contributed by atoms with Crippen LogP contribution in [0.4, 0.5) is 0 Å². The molecule has 1 rings (SSSR count). The molecule has 0 spiro atoms. The highest BCUT2D eigenvalue weighted by Gasteiger charge is 2.19. The Morgan fingerprint density at radius 3 is 2.35 bits per heavy atom. The molecule has 0 unspecified atom stereocenters. The third kappa shape index (κ3) is 4.55. The maximum absolute atomic E-state index is 10.7. The quantitative estimate of drug-likeness (QED) is 0.887. The van der Waals surface area contributed by atoms with Gasteiger partial charge in [-0.1, -0.05) is 46.8 Å². The summed E-state index contributed by atoms with van der Waals surface area (Å²) in [6, 6.07) is 4.26. The molecule has 0 aromatic heterocycles. The molecule has 0 atom stereocenters. The van der Waals surface area contributed by atoms with Crippen LogP contribution < -0.4 is 4.74 Å². The summed E-state index contributed by atoms with van der Waals surface area (Å²) in [6.07, 6.45) is 0.889. The molecule has 0 saturated heterocycles. The minimum atomic E-state index is -0.945. The van der Waals surface area contributed by atoms with Crippen LogP contribution in [0.25, 0.3) is 0 Å². The van der Waals surface area contributed by atoms with Gasteiger partial charge in [0.05, 0.1) is 0 Å². The Morgan fingerprint density at radius 1 is 1.30 bits per heavy atom. The van der Waals surface area contributed by atoms with Crippen molar-refractivity contribution in [1.82, 2.24) is 0 Å². The predicted molar refractivity (Wildman–Crippen MR) is 81.6 cm³/mol. The second kappa shape index (κ2) is 6.29. The Kier molecular flexibility index (Phi) is 5.21. The third-order valence-corrected chi connectivity index (χ3v) is 3.19. The molecule has 1 aromatic carbocycles. The van der Waals surface area contributed by atoms with Gasteiger partial charge in [0, 0.05) is 0 Å². The topological polar surface area (TPSA) is 46.5 Å². The lowest BCUT2D eigenvalue weighted by Crippen LogP contribution is -2.15. The van der Waals surface area contributed by atoms with Crippen LogP contribution in [0, 0.1) is 12.8 Å². The summed E-state index contributed by atoms with van der Waals surface area (Å²) in [4.78, 5) is 10.7. The highest BCUT2D eigenvalue weighted by atomic mass is 16.5. The lowest BCUT2D eigenvalue weighted by atomic mass is 9.84. The first kappa shape index (κ1) is 16.5. The van der Waals surface area contributed by atoms with Gasteiger partial charge in [-0.2, -0.15) is 0 Å². The Bertz CT molecular complexity index is 482. The van der Waals surface area contributed by atoms with Crippen LogP contribution in [0.1, 0.15) is 51.3 Å². The van der Waals surface area contributed by atoms with Crippen LogP contribution in [0.5, 0.6) is 5.75 Å². The summed E-state index contributed by atoms with van der Waals surface area (Å²) >= 11 is 0. The van der Waals surface area contributed by atoms with Crippen LogP contribution >= 0.6 is 0 Å². The monoisotopic (exact) mass is 278 g/mol. The van der Waals surface area contributed by atoms with Gasteiger partial charge in [-0.05, 0) is 41.4 Å². The molecular formula is C17H26O3. The molecule has 0 aliphatic heterocycles. The summed E-state index contributed by atoms with van der Waals surface area (Å²) < 4.78 is 5.50. The Hall–Kier alpha value is -1.51. The van der Waals surface area contributed by atoms with Gasteiger partial charge in [-0.25, -0.2) is 4.79 Å². The van der Waals surface area contributed by atoms with Gasteiger partial charge in [-0.3, -0.25) is 0 Å². The fourth-order valence-electron chi connectivity index (χ4n) is 2.21. The van der Waals surface area contributed by atoms with Gasteiger partial charge < -0.3 is 9.84 Å². The SMILES string of the molecule is Cc1cc(C(C)(C)C)cc(CC(C)C)c1OCC(=O)O. The minimum Gasteiger partial charge on any atom is -0.481 e. The number of aliphatic carboxylic acids is 1. The zero-order valence-corrected chi connectivity index (χ0v) is 13.4. The molecule has 0 aliphatic rings. The maximum Gasteiger partial charge on any atom is 0.341 e. The zero-order valence-electron chi connectivity index (χ0n) is 13.4. The van der Waals surface area contributed by atoms with E-state index >= 15 is 0 Å². The summed E-state index contributed by atoms with van der Waals surface area (Å²) in [5.41, 5.74) is 3.44. The number of ether oxygens (including phenoxy) is 1. The van der Waals surface area contributed by atoms with E-state index in [1.165, 1.54) is 5.56 Å². The number of carbonyl (C=O) groups is 1. The Balaban J connectivity index is 3.23. The van der Waals surface area contributed by atoms with E-state index in [0.29, 0.717) is 5.92 Å². The van der Waals surface area contributed by atoms with E-state index in [1.54, 1.807) is 0 Å². The van der Waals surface area contributed by atoms with Gasteiger partial charge >= 0.3 is 5.97 Å². The molecule has 1 aromatic rings. The lowest BCUT2D eigenvalue weighted by Gasteiger charge is -2.23. The van der Waals surface area contributed by atoms with Gasteiger partial charge in [-0.15, -0.1) is 0 Å². The smallest absolute Gasteiger partial charge is 0.341 e. The summed E-state index contributed by atoms with van der Waals surface area (Å²) in [6.45, 7) is 12.5. The van der Waals surface area contributed by atoms with E-state index in [2.05, 4.69) is 46.8 Å². The Labute approximate surface area is 122 Å². The van der Waals surface area contributed by atoms with Crippen LogP contribution in [0.15, 0.2) is 12.1 Å². The van der Waals surface area contributed by atoms with Crippen LogP contribution in [0.3, 0.4) is 0 Å². The van der Waals surface area contributed by atoms with Crippen molar-refractivity contribution in [3.8, 4) is 5.75 Å². The number of carboxylic acid groups (broad SMARTS) is 1. The number of hydrogen-bond donors (Lipinski definition) is 1. The molecule has 0 aliphatic carbocycles. The molecule has 20 heavy (non-hydrogen) atoms. The van der Waals surface area contributed by atoms with E-state index in [4.69, 9.17) is 9.84 Å². The van der Waals surface area contributed by atoms with Crippen molar-refractivity contribution >= 4 is 5.97 Å². The molecule has 1 N–H and O–H groups in total. The molecule has 3 nitrogen and oxygen atoms in total. The molecule has 0 saturated carbocycles. The first-order chi connectivity index (χ1) is 9.11. The van der Waals surface area contributed by atoms with Crippen molar-refractivity contribution in [1.29, 1.82) is 0 Å². The number of carboxylic acids is 1.